The molecule has 1 atom stereocenters. The maximum absolute atomic E-state index is 13.6. The number of pyridine rings is 1. The number of nitrogens with zero attached hydrogens (tertiary/aromatic N) is 4. The van der Waals surface area contributed by atoms with E-state index >= 15 is 0 Å². The minimum atomic E-state index is -0.949. The number of carbonyl (C=O) groups is 3. The number of ether oxygens (including phenoxy) is 1. The molecular weight excluding hydrogens is 558 g/mol. The van der Waals surface area contributed by atoms with Gasteiger partial charge in [-0.15, -0.1) is 0 Å². The van der Waals surface area contributed by atoms with Crippen molar-refractivity contribution in [2.24, 2.45) is 5.73 Å². The molecule has 4 aromatic rings. The first-order chi connectivity index (χ1) is 20.7. The molecule has 2 aromatic heterocycles. The van der Waals surface area contributed by atoms with Crippen molar-refractivity contribution in [1.82, 2.24) is 19.7 Å². The second-order valence-corrected chi connectivity index (χ2v) is 12.3. The van der Waals surface area contributed by atoms with E-state index in [2.05, 4.69) is 15.6 Å². The maximum atomic E-state index is 13.6. The van der Waals surface area contributed by atoms with Gasteiger partial charge in [0.05, 0.1) is 5.54 Å². The molecule has 1 unspecified atom stereocenters. The number of hydrogen-bond donors (Lipinski definition) is 3. The predicted molar refractivity (Wildman–Crippen MR) is 171 cm³/mol. The first kappa shape index (κ1) is 31.7. The van der Waals surface area contributed by atoms with Gasteiger partial charge in [0.25, 0.3) is 11.8 Å². The third-order valence-electron chi connectivity index (χ3n) is 6.54. The molecule has 11 nitrogen and oxygen atoms in total. The Bertz CT molecular complexity index is 1620. The Morgan fingerprint density at radius 2 is 1.55 bits per heavy atom. The van der Waals surface area contributed by atoms with Crippen LogP contribution in [0.4, 0.5) is 22.1 Å². The number of primary amides is 1. The summed E-state index contributed by atoms with van der Waals surface area (Å²) < 4.78 is 7.23. The summed E-state index contributed by atoms with van der Waals surface area (Å²) in [6, 6.07) is 20.4. The van der Waals surface area contributed by atoms with Crippen LogP contribution in [0.5, 0.6) is 0 Å². The summed E-state index contributed by atoms with van der Waals surface area (Å²) in [7, 11) is 1.53. The summed E-state index contributed by atoms with van der Waals surface area (Å²) in [5, 5.41) is 10.9. The average Bonchev–Trinajstić information content (AvgIpc) is 3.34. The van der Waals surface area contributed by atoms with Gasteiger partial charge >= 0.3 is 6.09 Å². The highest BCUT2D eigenvalue weighted by Gasteiger charge is 2.32. The summed E-state index contributed by atoms with van der Waals surface area (Å²) in [5.41, 5.74) is 6.99. The number of benzene rings is 2. The van der Waals surface area contributed by atoms with E-state index in [1.165, 1.54) is 11.9 Å². The van der Waals surface area contributed by atoms with Crippen LogP contribution in [0.2, 0.25) is 0 Å². The van der Waals surface area contributed by atoms with Crippen molar-refractivity contribution in [3.05, 3.63) is 90.1 Å². The lowest BCUT2D eigenvalue weighted by Crippen LogP contribution is -2.41. The summed E-state index contributed by atoms with van der Waals surface area (Å²) in [6.45, 7) is 11.2. The fourth-order valence-electron chi connectivity index (χ4n) is 4.56. The van der Waals surface area contributed by atoms with Gasteiger partial charge in [-0.1, -0.05) is 48.5 Å². The molecule has 230 valence electrons. The van der Waals surface area contributed by atoms with Crippen molar-refractivity contribution in [3.8, 4) is 11.3 Å². The van der Waals surface area contributed by atoms with Gasteiger partial charge in [-0.05, 0) is 71.4 Å². The Hall–Kier alpha value is -5.19. The van der Waals surface area contributed by atoms with E-state index in [-0.39, 0.29) is 5.56 Å². The van der Waals surface area contributed by atoms with E-state index in [4.69, 9.17) is 15.6 Å². The molecule has 4 rings (SSSR count). The van der Waals surface area contributed by atoms with Crippen LogP contribution >= 0.6 is 0 Å². The molecular formula is C33H39N7O4. The largest absolute Gasteiger partial charge is 0.444 e. The number of rotatable bonds is 8. The minimum absolute atomic E-state index is 0.213. The molecule has 0 saturated carbocycles. The monoisotopic (exact) mass is 597 g/mol. The van der Waals surface area contributed by atoms with Crippen molar-refractivity contribution < 1.29 is 19.1 Å². The van der Waals surface area contributed by atoms with Gasteiger partial charge in [-0.25, -0.2) is 14.5 Å². The molecule has 0 aliphatic carbocycles. The lowest BCUT2D eigenvalue weighted by molar-refractivity contribution is -0.121. The Labute approximate surface area is 257 Å². The van der Waals surface area contributed by atoms with E-state index in [0.29, 0.717) is 34.1 Å². The van der Waals surface area contributed by atoms with Crippen LogP contribution < -0.4 is 16.4 Å². The quantitative estimate of drug-likeness (QED) is 0.223. The van der Waals surface area contributed by atoms with Gasteiger partial charge in [0.1, 0.15) is 34.5 Å². The molecule has 0 bridgehead atoms. The normalized spacial score (nSPS) is 12.2. The summed E-state index contributed by atoms with van der Waals surface area (Å²) in [4.78, 5) is 44.9. The summed E-state index contributed by atoms with van der Waals surface area (Å²) in [6.07, 6.45) is 1.02. The number of anilines is 3. The molecule has 0 aliphatic heterocycles. The molecule has 0 spiro atoms. The van der Waals surface area contributed by atoms with Crippen molar-refractivity contribution in [2.45, 2.75) is 58.7 Å². The van der Waals surface area contributed by atoms with Gasteiger partial charge in [0.15, 0.2) is 0 Å². The van der Waals surface area contributed by atoms with Gasteiger partial charge < -0.3 is 21.1 Å². The number of amides is 3. The van der Waals surface area contributed by atoms with Crippen molar-refractivity contribution >= 4 is 35.2 Å². The summed E-state index contributed by atoms with van der Waals surface area (Å²) >= 11 is 0. The predicted octanol–water partition coefficient (Wildman–Crippen LogP) is 6.09. The van der Waals surface area contributed by atoms with Crippen LogP contribution in [0, 0.1) is 0 Å². The molecule has 44 heavy (non-hydrogen) atoms. The van der Waals surface area contributed by atoms with Gasteiger partial charge in [0.2, 0.25) is 0 Å². The topological polar surface area (TPSA) is 144 Å². The molecule has 11 heteroatoms. The van der Waals surface area contributed by atoms with E-state index in [1.54, 1.807) is 92.3 Å². The van der Waals surface area contributed by atoms with E-state index in [1.807, 2.05) is 32.9 Å². The molecule has 0 fully saturated rings. The Balaban J connectivity index is 1.66. The Kier molecular flexibility index (Phi) is 9.08. The lowest BCUT2D eigenvalue weighted by atomic mass is 10.0. The highest BCUT2D eigenvalue weighted by atomic mass is 16.6. The average molecular weight is 598 g/mol. The fraction of sp³-hybridized carbons (Fsp3) is 0.303. The second kappa shape index (κ2) is 12.6. The van der Waals surface area contributed by atoms with Crippen LogP contribution in [-0.4, -0.2) is 50.2 Å². The smallest absolute Gasteiger partial charge is 0.410 e. The van der Waals surface area contributed by atoms with Crippen LogP contribution in [-0.2, 0) is 15.1 Å². The van der Waals surface area contributed by atoms with Gasteiger partial charge in [0, 0.05) is 24.5 Å². The SMILES string of the molecule is CN(C(=O)OC(C)(C)C)C(C(=O)Nc1ccc(-c2nn(C(C)(C)C)c(Nc3ccccn3)c2C(N)=O)cc1)c1ccccc1. The zero-order valence-electron chi connectivity index (χ0n) is 26.1. The molecule has 4 N–H and O–H groups in total. The number of hydrogen-bond acceptors (Lipinski definition) is 7. The zero-order valence-corrected chi connectivity index (χ0v) is 26.1. The van der Waals surface area contributed by atoms with Crippen LogP contribution in [0.3, 0.4) is 0 Å². The van der Waals surface area contributed by atoms with E-state index in [0.717, 1.165) is 0 Å². The van der Waals surface area contributed by atoms with Gasteiger partial charge in [-0.3, -0.25) is 14.5 Å². The first-order valence-electron chi connectivity index (χ1n) is 14.2. The van der Waals surface area contributed by atoms with Crippen molar-refractivity contribution in [3.63, 3.8) is 0 Å². The summed E-state index contributed by atoms with van der Waals surface area (Å²) in [5.74, 6) is -0.113. The van der Waals surface area contributed by atoms with Crippen LogP contribution in [0.1, 0.15) is 63.5 Å². The van der Waals surface area contributed by atoms with E-state index in [9.17, 15) is 14.4 Å². The third-order valence-corrected chi connectivity index (χ3v) is 6.54. The highest BCUT2D eigenvalue weighted by Crippen LogP contribution is 2.35. The fourth-order valence-corrected chi connectivity index (χ4v) is 4.56. The number of carbonyl (C=O) groups excluding carboxylic acids is 3. The Morgan fingerprint density at radius 3 is 2.09 bits per heavy atom. The molecule has 0 saturated heterocycles. The van der Waals surface area contributed by atoms with Crippen LogP contribution in [0.25, 0.3) is 11.3 Å². The first-order valence-corrected chi connectivity index (χ1v) is 14.2. The Morgan fingerprint density at radius 1 is 0.909 bits per heavy atom. The maximum Gasteiger partial charge on any atom is 0.410 e. The van der Waals surface area contributed by atoms with Crippen LogP contribution in [0.15, 0.2) is 79.0 Å². The van der Waals surface area contributed by atoms with Crippen molar-refractivity contribution in [2.75, 3.05) is 17.7 Å². The number of aromatic nitrogens is 3. The third kappa shape index (κ3) is 7.41. The molecule has 2 aromatic carbocycles. The van der Waals surface area contributed by atoms with E-state index < -0.39 is 35.1 Å². The lowest BCUT2D eigenvalue weighted by Gasteiger charge is -2.30. The van der Waals surface area contributed by atoms with Crippen molar-refractivity contribution in [1.29, 1.82) is 0 Å². The minimum Gasteiger partial charge on any atom is -0.444 e. The molecule has 3 amide bonds. The molecule has 2 heterocycles. The number of nitrogens with two attached hydrogens (primary N) is 1. The number of likely N-dealkylation sites (N-methyl/N-ethyl adjacent to an activating group) is 1. The van der Waals surface area contributed by atoms with Gasteiger partial charge in [-0.2, -0.15) is 5.10 Å². The number of nitrogens with one attached hydrogen (secondary N) is 2. The highest BCUT2D eigenvalue weighted by molar-refractivity contribution is 6.04. The standard InChI is InChI=1S/C33H39N7O4/c1-32(2,3)40-29(37-24-15-11-12-20-35-24)25(28(34)41)26(38-40)21-16-18-23(19-17-21)36-30(42)27(22-13-9-8-10-14-22)39(7)31(43)44-33(4,5)6/h8-20,27H,1-7H3,(H2,34,41)(H,35,37)(H,36,42). The zero-order chi connectivity index (χ0) is 32.2. The second-order valence-electron chi connectivity index (χ2n) is 12.3. The molecule has 0 aliphatic rings. The molecule has 0 radical (unpaired) electrons.